The van der Waals surface area contributed by atoms with Crippen molar-refractivity contribution in [2.75, 3.05) is 13.2 Å². The summed E-state index contributed by atoms with van der Waals surface area (Å²) in [4.78, 5) is 12.2. The third-order valence-electron chi connectivity index (χ3n) is 2.79. The van der Waals surface area contributed by atoms with Gasteiger partial charge in [-0.25, -0.2) is 0 Å². The first kappa shape index (κ1) is 15.8. The van der Waals surface area contributed by atoms with Gasteiger partial charge in [0, 0.05) is 17.7 Å². The van der Waals surface area contributed by atoms with Crippen molar-refractivity contribution in [1.82, 2.24) is 5.32 Å². The number of ether oxygens (including phenoxy) is 1. The number of halogens is 1. The summed E-state index contributed by atoms with van der Waals surface area (Å²) in [6.07, 6.45) is 1.31. The molecule has 19 heavy (non-hydrogen) atoms. The lowest BCUT2D eigenvalue weighted by atomic mass is 10.1. The highest BCUT2D eigenvalue weighted by molar-refractivity contribution is 6.30. The zero-order valence-electron chi connectivity index (χ0n) is 11.3. The smallest absolute Gasteiger partial charge is 0.255 e. The van der Waals surface area contributed by atoms with Gasteiger partial charge in [-0.3, -0.25) is 4.79 Å². The zero-order valence-corrected chi connectivity index (χ0v) is 12.0. The second-order valence-corrected chi connectivity index (χ2v) is 4.60. The minimum Gasteiger partial charge on any atom is -0.493 e. The van der Waals surface area contributed by atoms with E-state index in [0.29, 0.717) is 29.4 Å². The van der Waals surface area contributed by atoms with Crippen LogP contribution in [0.1, 0.15) is 37.0 Å². The Labute approximate surface area is 118 Å². The third kappa shape index (κ3) is 4.73. The van der Waals surface area contributed by atoms with Crippen molar-refractivity contribution in [3.8, 4) is 5.75 Å². The molecule has 2 N–H and O–H groups in total. The van der Waals surface area contributed by atoms with E-state index in [-0.39, 0.29) is 18.6 Å². The monoisotopic (exact) mass is 285 g/mol. The fourth-order valence-electron chi connectivity index (χ4n) is 1.76. The van der Waals surface area contributed by atoms with E-state index in [1.807, 2.05) is 13.8 Å². The minimum atomic E-state index is -0.208. The molecule has 1 unspecified atom stereocenters. The number of carbonyl (C=O) groups excluding carboxylic acids is 1. The molecule has 1 atom stereocenters. The van der Waals surface area contributed by atoms with Crippen LogP contribution in [-0.2, 0) is 0 Å². The number of carbonyl (C=O) groups is 1. The fraction of sp³-hybridized carbons (Fsp3) is 0.500. The minimum absolute atomic E-state index is 0.0392. The standard InChI is InChI=1S/C14H20ClNO3/c1-3-11(7-8-17)16-14(18)12-6-5-10(15)9-13(12)19-4-2/h5-6,9,11,17H,3-4,7-8H2,1-2H3,(H,16,18). The van der Waals surface area contributed by atoms with Gasteiger partial charge in [0.1, 0.15) is 5.75 Å². The molecule has 4 nitrogen and oxygen atoms in total. The van der Waals surface area contributed by atoms with Crippen LogP contribution >= 0.6 is 11.6 Å². The SMILES string of the molecule is CCOc1cc(Cl)ccc1C(=O)NC(CC)CCO. The maximum atomic E-state index is 12.2. The number of hydrogen-bond acceptors (Lipinski definition) is 3. The Hall–Kier alpha value is -1.26. The largest absolute Gasteiger partial charge is 0.493 e. The van der Waals surface area contributed by atoms with Crippen LogP contribution in [-0.4, -0.2) is 30.3 Å². The number of benzene rings is 1. The maximum absolute atomic E-state index is 12.2. The lowest BCUT2D eigenvalue weighted by Crippen LogP contribution is -2.35. The van der Waals surface area contributed by atoms with E-state index in [1.54, 1.807) is 18.2 Å². The molecule has 1 amide bonds. The highest BCUT2D eigenvalue weighted by atomic mass is 35.5. The van der Waals surface area contributed by atoms with Crippen LogP contribution in [0.2, 0.25) is 5.02 Å². The Morgan fingerprint density at radius 1 is 1.47 bits per heavy atom. The van der Waals surface area contributed by atoms with Crippen LogP contribution in [0.25, 0.3) is 0 Å². The van der Waals surface area contributed by atoms with Gasteiger partial charge in [-0.1, -0.05) is 18.5 Å². The summed E-state index contributed by atoms with van der Waals surface area (Å²) >= 11 is 5.90. The second kappa shape index (κ2) is 8.02. The lowest BCUT2D eigenvalue weighted by molar-refractivity contribution is 0.0925. The zero-order chi connectivity index (χ0) is 14.3. The van der Waals surface area contributed by atoms with E-state index in [2.05, 4.69) is 5.32 Å². The van der Waals surface area contributed by atoms with Crippen LogP contribution in [0.4, 0.5) is 0 Å². The molecule has 0 bridgehead atoms. The lowest BCUT2D eigenvalue weighted by Gasteiger charge is -2.17. The molecule has 0 fully saturated rings. The summed E-state index contributed by atoms with van der Waals surface area (Å²) in [7, 11) is 0. The van der Waals surface area contributed by atoms with E-state index in [4.69, 9.17) is 21.4 Å². The molecule has 5 heteroatoms. The average Bonchev–Trinajstić information content (AvgIpc) is 2.38. The van der Waals surface area contributed by atoms with Crippen molar-refractivity contribution in [3.63, 3.8) is 0 Å². The molecule has 0 saturated carbocycles. The summed E-state index contributed by atoms with van der Waals surface area (Å²) in [6, 6.07) is 4.90. The summed E-state index contributed by atoms with van der Waals surface area (Å²) < 4.78 is 5.42. The molecule has 0 radical (unpaired) electrons. The molecule has 0 aliphatic heterocycles. The highest BCUT2D eigenvalue weighted by Crippen LogP contribution is 2.23. The van der Waals surface area contributed by atoms with Crippen LogP contribution in [0.5, 0.6) is 5.75 Å². The topological polar surface area (TPSA) is 58.6 Å². The molecular weight excluding hydrogens is 266 g/mol. The van der Waals surface area contributed by atoms with Crippen molar-refractivity contribution in [3.05, 3.63) is 28.8 Å². The van der Waals surface area contributed by atoms with E-state index >= 15 is 0 Å². The van der Waals surface area contributed by atoms with Gasteiger partial charge >= 0.3 is 0 Å². The molecular formula is C14H20ClNO3. The third-order valence-corrected chi connectivity index (χ3v) is 3.03. The van der Waals surface area contributed by atoms with Crippen molar-refractivity contribution in [2.45, 2.75) is 32.7 Å². The molecule has 106 valence electrons. The molecule has 0 aliphatic rings. The van der Waals surface area contributed by atoms with Crippen LogP contribution in [0, 0.1) is 0 Å². The molecule has 1 aromatic carbocycles. The van der Waals surface area contributed by atoms with Gasteiger partial charge < -0.3 is 15.2 Å². The Morgan fingerprint density at radius 3 is 2.79 bits per heavy atom. The van der Waals surface area contributed by atoms with E-state index in [0.717, 1.165) is 6.42 Å². The normalized spacial score (nSPS) is 12.0. The van der Waals surface area contributed by atoms with Crippen molar-refractivity contribution in [2.24, 2.45) is 0 Å². The first-order chi connectivity index (χ1) is 9.12. The molecule has 0 aromatic heterocycles. The van der Waals surface area contributed by atoms with E-state index in [9.17, 15) is 4.79 Å². The summed E-state index contributed by atoms with van der Waals surface area (Å²) in [6.45, 7) is 4.33. The van der Waals surface area contributed by atoms with Gasteiger partial charge in [0.05, 0.1) is 12.2 Å². The first-order valence-electron chi connectivity index (χ1n) is 6.46. The van der Waals surface area contributed by atoms with Crippen molar-refractivity contribution < 1.29 is 14.6 Å². The molecule has 0 aliphatic carbocycles. The van der Waals surface area contributed by atoms with E-state index < -0.39 is 0 Å². The van der Waals surface area contributed by atoms with Gasteiger partial charge in [0.25, 0.3) is 5.91 Å². The number of aliphatic hydroxyl groups excluding tert-OH is 1. The van der Waals surface area contributed by atoms with Gasteiger partial charge in [-0.2, -0.15) is 0 Å². The number of nitrogens with one attached hydrogen (secondary N) is 1. The van der Waals surface area contributed by atoms with Gasteiger partial charge in [-0.05, 0) is 38.0 Å². The maximum Gasteiger partial charge on any atom is 0.255 e. The fourth-order valence-corrected chi connectivity index (χ4v) is 1.92. The van der Waals surface area contributed by atoms with Crippen LogP contribution in [0.3, 0.4) is 0 Å². The molecule has 1 rings (SSSR count). The van der Waals surface area contributed by atoms with Crippen LogP contribution in [0.15, 0.2) is 18.2 Å². The van der Waals surface area contributed by atoms with E-state index in [1.165, 1.54) is 0 Å². The highest BCUT2D eigenvalue weighted by Gasteiger charge is 2.16. The molecule has 0 saturated heterocycles. The average molecular weight is 286 g/mol. The second-order valence-electron chi connectivity index (χ2n) is 4.16. The number of aliphatic hydroxyl groups is 1. The molecule has 0 heterocycles. The summed E-state index contributed by atoms with van der Waals surface area (Å²) in [5.41, 5.74) is 0.461. The molecule has 1 aromatic rings. The van der Waals surface area contributed by atoms with Gasteiger partial charge in [0.15, 0.2) is 0 Å². The van der Waals surface area contributed by atoms with Gasteiger partial charge in [-0.15, -0.1) is 0 Å². The number of amides is 1. The van der Waals surface area contributed by atoms with Crippen molar-refractivity contribution in [1.29, 1.82) is 0 Å². The quantitative estimate of drug-likeness (QED) is 0.810. The Bertz CT molecular complexity index is 423. The van der Waals surface area contributed by atoms with Gasteiger partial charge in [0.2, 0.25) is 0 Å². The molecule has 0 spiro atoms. The summed E-state index contributed by atoms with van der Waals surface area (Å²) in [5, 5.41) is 12.3. The summed E-state index contributed by atoms with van der Waals surface area (Å²) in [5.74, 6) is 0.270. The Morgan fingerprint density at radius 2 is 2.21 bits per heavy atom. The number of hydrogen-bond donors (Lipinski definition) is 2. The first-order valence-corrected chi connectivity index (χ1v) is 6.84. The van der Waals surface area contributed by atoms with Crippen molar-refractivity contribution >= 4 is 17.5 Å². The predicted molar refractivity (Wildman–Crippen MR) is 75.9 cm³/mol. The predicted octanol–water partition coefficient (Wildman–Crippen LogP) is 2.63. The Balaban J connectivity index is 2.86. The number of rotatable bonds is 7. The van der Waals surface area contributed by atoms with Crippen LogP contribution < -0.4 is 10.1 Å². The Kier molecular flexibility index (Phi) is 6.67.